The zero-order chi connectivity index (χ0) is 21.8. The number of halogens is 1. The molecule has 162 valence electrons. The quantitative estimate of drug-likeness (QED) is 0.488. The molecule has 1 saturated heterocycles. The fraction of sp³-hybridized carbons (Fsp3) is 0.348. The lowest BCUT2D eigenvalue weighted by Gasteiger charge is -2.34. The van der Waals surface area contributed by atoms with Crippen molar-refractivity contribution in [2.45, 2.75) is 45.7 Å². The summed E-state index contributed by atoms with van der Waals surface area (Å²) >= 11 is 11.4. The van der Waals surface area contributed by atoms with Gasteiger partial charge in [0.1, 0.15) is 17.3 Å². The second-order valence-corrected chi connectivity index (χ2v) is 8.65. The van der Waals surface area contributed by atoms with Gasteiger partial charge in [0.25, 0.3) is 0 Å². The third kappa shape index (κ3) is 5.54. The Labute approximate surface area is 193 Å². The van der Waals surface area contributed by atoms with Crippen LogP contribution in [0.3, 0.4) is 0 Å². The van der Waals surface area contributed by atoms with E-state index in [9.17, 15) is 0 Å². The van der Waals surface area contributed by atoms with Crippen LogP contribution >= 0.6 is 23.8 Å². The Hall–Kier alpha value is -2.64. The van der Waals surface area contributed by atoms with Crippen LogP contribution in [0.4, 0.5) is 11.8 Å². The molecule has 1 aliphatic heterocycles. The first-order chi connectivity index (χ1) is 15.0. The summed E-state index contributed by atoms with van der Waals surface area (Å²) in [7, 11) is 0. The largest absolute Gasteiger partial charge is 0.459 e. The molecule has 0 bridgehead atoms. The highest BCUT2D eigenvalue weighted by atomic mass is 35.5. The summed E-state index contributed by atoms with van der Waals surface area (Å²) in [5.41, 5.74) is 1.88. The average Bonchev–Trinajstić information content (AvgIpc) is 3.22. The molecule has 2 aromatic heterocycles. The number of piperidine rings is 1. The monoisotopic (exact) mass is 455 g/mol. The van der Waals surface area contributed by atoms with E-state index in [0.29, 0.717) is 28.7 Å². The molecule has 0 spiro atoms. The van der Waals surface area contributed by atoms with Gasteiger partial charge >= 0.3 is 0 Å². The number of rotatable bonds is 5. The lowest BCUT2D eigenvalue weighted by atomic mass is 10.0. The molecule has 0 aliphatic carbocycles. The maximum Gasteiger partial charge on any atom is 0.231 e. The zero-order valence-electron chi connectivity index (χ0n) is 17.7. The summed E-state index contributed by atoms with van der Waals surface area (Å²) in [5, 5.41) is 7.42. The maximum absolute atomic E-state index is 5.95. The summed E-state index contributed by atoms with van der Waals surface area (Å²) in [6.45, 7) is 5.70. The van der Waals surface area contributed by atoms with Gasteiger partial charge in [-0.1, -0.05) is 11.6 Å². The van der Waals surface area contributed by atoms with Gasteiger partial charge in [-0.15, -0.1) is 0 Å². The molecule has 1 fully saturated rings. The van der Waals surface area contributed by atoms with Gasteiger partial charge in [-0.05, 0) is 81.7 Å². The third-order valence-corrected chi connectivity index (χ3v) is 5.88. The zero-order valence-corrected chi connectivity index (χ0v) is 19.3. The summed E-state index contributed by atoms with van der Waals surface area (Å²) < 4.78 is 5.91. The van der Waals surface area contributed by atoms with Gasteiger partial charge in [0.2, 0.25) is 5.95 Å². The van der Waals surface area contributed by atoms with Crippen LogP contribution in [0.25, 0.3) is 11.3 Å². The number of benzene rings is 1. The predicted molar refractivity (Wildman–Crippen MR) is 130 cm³/mol. The van der Waals surface area contributed by atoms with Crippen LogP contribution < -0.4 is 15.5 Å². The Morgan fingerprint density at radius 1 is 1.19 bits per heavy atom. The fourth-order valence-corrected chi connectivity index (χ4v) is 4.04. The smallest absolute Gasteiger partial charge is 0.231 e. The van der Waals surface area contributed by atoms with Crippen LogP contribution in [0.2, 0.25) is 5.02 Å². The fourth-order valence-electron chi connectivity index (χ4n) is 3.75. The summed E-state index contributed by atoms with van der Waals surface area (Å²) in [5.74, 6) is 3.02. The van der Waals surface area contributed by atoms with Gasteiger partial charge in [0, 0.05) is 34.9 Å². The summed E-state index contributed by atoms with van der Waals surface area (Å²) in [4.78, 5) is 11.5. The highest BCUT2D eigenvalue weighted by Gasteiger charge is 2.20. The van der Waals surface area contributed by atoms with Gasteiger partial charge in [-0.3, -0.25) is 0 Å². The van der Waals surface area contributed by atoms with Crippen molar-refractivity contribution < 1.29 is 4.42 Å². The van der Waals surface area contributed by atoms with Crippen LogP contribution in [0.1, 0.15) is 37.6 Å². The molecule has 0 saturated carbocycles. The van der Waals surface area contributed by atoms with E-state index in [1.807, 2.05) is 49.4 Å². The van der Waals surface area contributed by atoms with E-state index in [-0.39, 0.29) is 0 Å². The molecule has 1 atom stereocenters. The lowest BCUT2D eigenvalue weighted by Crippen LogP contribution is -2.38. The number of nitrogens with zero attached hydrogens (tertiary/aromatic N) is 3. The van der Waals surface area contributed by atoms with Gasteiger partial charge in [0.15, 0.2) is 5.11 Å². The topological polar surface area (TPSA) is 66.2 Å². The van der Waals surface area contributed by atoms with Crippen molar-refractivity contribution in [2.24, 2.45) is 0 Å². The normalized spacial score (nSPS) is 16.2. The molecule has 0 unspecified atom stereocenters. The molecule has 31 heavy (non-hydrogen) atoms. The van der Waals surface area contributed by atoms with Crippen LogP contribution in [0.5, 0.6) is 0 Å². The molecule has 1 aliphatic rings. The SMILES string of the molecule is Cc1cc(N2CCCC[C@H]2C)nc(NC(=S)NCc2ccc(-c3ccc(Cl)cc3)o2)n1. The molecule has 3 aromatic rings. The Morgan fingerprint density at radius 2 is 2.00 bits per heavy atom. The molecule has 3 heterocycles. The van der Waals surface area contributed by atoms with Crippen molar-refractivity contribution in [1.29, 1.82) is 0 Å². The standard InChI is InChI=1S/C23H26ClN5OS/c1-15-13-21(29-12-4-3-5-16(29)2)27-22(26-15)28-23(31)25-14-19-10-11-20(30-19)17-6-8-18(24)9-7-17/h6-11,13,16H,3-5,12,14H2,1-2H3,(H2,25,26,27,28,31)/t16-/m1/s1. The Bertz CT molecular complexity index is 1050. The molecule has 1 aromatic carbocycles. The Balaban J connectivity index is 1.36. The second kappa shape index (κ2) is 9.66. The van der Waals surface area contributed by atoms with Crippen molar-refractivity contribution in [2.75, 3.05) is 16.8 Å². The van der Waals surface area contributed by atoms with Crippen molar-refractivity contribution >= 4 is 40.7 Å². The number of aryl methyl sites for hydroxylation is 1. The second-order valence-electron chi connectivity index (χ2n) is 7.81. The first kappa shape index (κ1) is 21.6. The van der Waals surface area contributed by atoms with Crippen molar-refractivity contribution in [3.63, 3.8) is 0 Å². The molecular weight excluding hydrogens is 430 g/mol. The van der Waals surface area contributed by atoms with Crippen molar-refractivity contribution in [3.05, 3.63) is 58.9 Å². The van der Waals surface area contributed by atoms with E-state index in [4.69, 9.17) is 33.2 Å². The van der Waals surface area contributed by atoms with E-state index in [0.717, 1.165) is 35.1 Å². The number of anilines is 2. The highest BCUT2D eigenvalue weighted by molar-refractivity contribution is 7.80. The van der Waals surface area contributed by atoms with Crippen molar-refractivity contribution in [3.8, 4) is 11.3 Å². The first-order valence-electron chi connectivity index (χ1n) is 10.5. The molecule has 0 amide bonds. The van der Waals surface area contributed by atoms with E-state index in [1.165, 1.54) is 19.3 Å². The summed E-state index contributed by atoms with van der Waals surface area (Å²) in [6, 6.07) is 13.9. The minimum Gasteiger partial charge on any atom is -0.459 e. The van der Waals surface area contributed by atoms with Gasteiger partial charge < -0.3 is 20.0 Å². The molecule has 8 heteroatoms. The van der Waals surface area contributed by atoms with E-state index in [2.05, 4.69) is 27.4 Å². The van der Waals surface area contributed by atoms with Gasteiger partial charge in [-0.2, -0.15) is 4.98 Å². The Kier molecular flexibility index (Phi) is 6.73. The number of nitrogens with one attached hydrogen (secondary N) is 2. The summed E-state index contributed by atoms with van der Waals surface area (Å²) in [6.07, 6.45) is 3.65. The molecule has 0 radical (unpaired) electrons. The number of hydrogen-bond donors (Lipinski definition) is 2. The van der Waals surface area contributed by atoms with Crippen LogP contribution in [0.15, 0.2) is 46.9 Å². The average molecular weight is 456 g/mol. The highest BCUT2D eigenvalue weighted by Crippen LogP contribution is 2.25. The molecule has 6 nitrogen and oxygen atoms in total. The minimum atomic E-state index is 0.452. The number of thiocarbonyl (C=S) groups is 1. The molecule has 4 rings (SSSR count). The predicted octanol–water partition coefficient (Wildman–Crippen LogP) is 5.56. The number of hydrogen-bond acceptors (Lipinski definition) is 5. The maximum atomic E-state index is 5.95. The van der Waals surface area contributed by atoms with Crippen LogP contribution in [0, 0.1) is 6.92 Å². The molecule has 2 N–H and O–H groups in total. The molecular formula is C23H26ClN5OS. The van der Waals surface area contributed by atoms with E-state index >= 15 is 0 Å². The van der Waals surface area contributed by atoms with E-state index < -0.39 is 0 Å². The lowest BCUT2D eigenvalue weighted by molar-refractivity contribution is 0.481. The van der Waals surface area contributed by atoms with Crippen LogP contribution in [-0.2, 0) is 6.54 Å². The number of aromatic nitrogens is 2. The Morgan fingerprint density at radius 3 is 2.77 bits per heavy atom. The van der Waals surface area contributed by atoms with E-state index in [1.54, 1.807) is 0 Å². The third-order valence-electron chi connectivity index (χ3n) is 5.38. The van der Waals surface area contributed by atoms with Crippen molar-refractivity contribution in [1.82, 2.24) is 15.3 Å². The van der Waals surface area contributed by atoms with Crippen LogP contribution in [-0.4, -0.2) is 27.7 Å². The first-order valence-corrected chi connectivity index (χ1v) is 11.3. The van der Waals surface area contributed by atoms with Gasteiger partial charge in [-0.25, -0.2) is 4.98 Å². The number of furan rings is 1. The minimum absolute atomic E-state index is 0.452. The van der Waals surface area contributed by atoms with Gasteiger partial charge in [0.05, 0.1) is 6.54 Å².